The van der Waals surface area contributed by atoms with Crippen LogP contribution in [0.15, 0.2) is 22.7 Å². The highest BCUT2D eigenvalue weighted by Crippen LogP contribution is 2.33. The van der Waals surface area contributed by atoms with Gasteiger partial charge in [0.1, 0.15) is 0 Å². The number of nitrogens with one attached hydrogen (secondary N) is 2. The van der Waals surface area contributed by atoms with E-state index in [1.165, 1.54) is 6.07 Å². The van der Waals surface area contributed by atoms with Crippen molar-refractivity contribution >= 4 is 27.5 Å². The van der Waals surface area contributed by atoms with Crippen molar-refractivity contribution in [3.8, 4) is 0 Å². The van der Waals surface area contributed by atoms with E-state index in [1.54, 1.807) is 0 Å². The zero-order valence-corrected chi connectivity index (χ0v) is 13.4. The second-order valence-electron chi connectivity index (χ2n) is 5.11. The zero-order valence-electron chi connectivity index (χ0n) is 11.9. The first-order valence-electron chi connectivity index (χ1n) is 6.57. The van der Waals surface area contributed by atoms with Crippen molar-refractivity contribution in [2.45, 2.75) is 26.4 Å². The Kier molecular flexibility index (Phi) is 6.51. The number of carbonyl (C=O) groups is 1. The van der Waals surface area contributed by atoms with Crippen LogP contribution < -0.4 is 10.6 Å². The van der Waals surface area contributed by atoms with Gasteiger partial charge in [0.15, 0.2) is 0 Å². The quantitative estimate of drug-likeness (QED) is 0.797. The summed E-state index contributed by atoms with van der Waals surface area (Å²) in [6.07, 6.45) is -3.55. The molecule has 1 rings (SSSR count). The van der Waals surface area contributed by atoms with Crippen molar-refractivity contribution in [1.82, 2.24) is 5.32 Å². The van der Waals surface area contributed by atoms with Gasteiger partial charge >= 0.3 is 6.18 Å². The number of carbonyl (C=O) groups excluding carboxylic acids is 1. The van der Waals surface area contributed by atoms with Gasteiger partial charge in [0.05, 0.1) is 12.1 Å². The lowest BCUT2D eigenvalue weighted by Crippen LogP contribution is -2.31. The lowest BCUT2D eigenvalue weighted by atomic mass is 10.1. The Labute approximate surface area is 130 Å². The molecule has 1 amide bonds. The third kappa shape index (κ3) is 6.84. The largest absolute Gasteiger partial charge is 0.416 e. The molecule has 0 bridgehead atoms. The summed E-state index contributed by atoms with van der Waals surface area (Å²) in [5.41, 5.74) is -0.518. The predicted molar refractivity (Wildman–Crippen MR) is 80.1 cm³/mol. The Morgan fingerprint density at radius 2 is 1.95 bits per heavy atom. The fourth-order valence-electron chi connectivity index (χ4n) is 1.60. The maximum Gasteiger partial charge on any atom is 0.416 e. The summed E-state index contributed by atoms with van der Waals surface area (Å²) in [6.45, 7) is 4.59. The van der Waals surface area contributed by atoms with Crippen molar-refractivity contribution in [3.05, 3.63) is 28.2 Å². The lowest BCUT2D eigenvalue weighted by molar-refractivity contribution is -0.137. The molecule has 0 aliphatic rings. The van der Waals surface area contributed by atoms with Crippen LogP contribution in [0.1, 0.15) is 25.8 Å². The molecule has 0 radical (unpaired) electrons. The molecule has 1 aromatic rings. The molecule has 0 aliphatic heterocycles. The van der Waals surface area contributed by atoms with Crippen molar-refractivity contribution in [1.29, 1.82) is 0 Å². The van der Waals surface area contributed by atoms with Gasteiger partial charge in [0.2, 0.25) is 5.91 Å². The fourth-order valence-corrected chi connectivity index (χ4v) is 2.09. The van der Waals surface area contributed by atoms with E-state index in [-0.39, 0.29) is 18.1 Å². The van der Waals surface area contributed by atoms with Crippen LogP contribution in [0.4, 0.5) is 18.9 Å². The van der Waals surface area contributed by atoms with Gasteiger partial charge in [-0.3, -0.25) is 4.79 Å². The average molecular weight is 367 g/mol. The molecule has 0 saturated carbocycles. The monoisotopic (exact) mass is 366 g/mol. The van der Waals surface area contributed by atoms with Crippen molar-refractivity contribution in [2.24, 2.45) is 5.92 Å². The van der Waals surface area contributed by atoms with E-state index in [4.69, 9.17) is 0 Å². The Bertz CT molecular complexity index is 490. The molecule has 3 nitrogen and oxygen atoms in total. The third-order valence-electron chi connectivity index (χ3n) is 2.72. The number of alkyl halides is 3. The number of halogens is 4. The number of hydrogen-bond acceptors (Lipinski definition) is 2. The van der Waals surface area contributed by atoms with Gasteiger partial charge in [0.25, 0.3) is 0 Å². The summed E-state index contributed by atoms with van der Waals surface area (Å²) < 4.78 is 38.3. The summed E-state index contributed by atoms with van der Waals surface area (Å²) in [4.78, 5) is 11.6. The molecule has 0 spiro atoms. The van der Waals surface area contributed by atoms with Gasteiger partial charge in [-0.2, -0.15) is 13.2 Å². The molecule has 2 N–H and O–H groups in total. The molecule has 0 aromatic heterocycles. The first kappa shape index (κ1) is 17.8. The molecule has 7 heteroatoms. The summed E-state index contributed by atoms with van der Waals surface area (Å²) in [5, 5.41) is 5.40. The molecular weight excluding hydrogens is 349 g/mol. The van der Waals surface area contributed by atoms with Gasteiger partial charge in [0, 0.05) is 16.7 Å². The third-order valence-corrected chi connectivity index (χ3v) is 3.18. The van der Waals surface area contributed by atoms with Crippen LogP contribution in [-0.4, -0.2) is 19.0 Å². The minimum atomic E-state index is -4.42. The Hall–Kier alpha value is -1.24. The van der Waals surface area contributed by atoms with E-state index in [9.17, 15) is 18.0 Å². The highest BCUT2D eigenvalue weighted by atomic mass is 79.9. The standard InChI is InChI=1S/C14H18BrF3N2O/c1-9(2)3-4-19-13(21)8-20-12-6-10(14(16,17)18)5-11(15)7-12/h5-7,9,20H,3-4,8H2,1-2H3,(H,19,21). The van der Waals surface area contributed by atoms with Crippen LogP contribution in [0.25, 0.3) is 0 Å². The number of amides is 1. The van der Waals surface area contributed by atoms with Crippen molar-refractivity contribution in [3.63, 3.8) is 0 Å². The van der Waals surface area contributed by atoms with Crippen LogP contribution in [0.3, 0.4) is 0 Å². The number of anilines is 1. The first-order valence-corrected chi connectivity index (χ1v) is 7.36. The molecule has 0 saturated heterocycles. The molecule has 0 fully saturated rings. The topological polar surface area (TPSA) is 41.1 Å². The highest BCUT2D eigenvalue weighted by molar-refractivity contribution is 9.10. The van der Waals surface area contributed by atoms with Gasteiger partial charge in [-0.15, -0.1) is 0 Å². The van der Waals surface area contributed by atoms with E-state index in [1.807, 2.05) is 13.8 Å². The maximum atomic E-state index is 12.7. The molecule has 0 atom stereocenters. The van der Waals surface area contributed by atoms with Crippen molar-refractivity contribution in [2.75, 3.05) is 18.4 Å². The molecule has 118 valence electrons. The van der Waals surface area contributed by atoms with Gasteiger partial charge in [-0.25, -0.2) is 0 Å². The minimum Gasteiger partial charge on any atom is -0.376 e. The summed E-state index contributed by atoms with van der Waals surface area (Å²) in [5.74, 6) is 0.238. The SMILES string of the molecule is CC(C)CCNC(=O)CNc1cc(Br)cc(C(F)(F)F)c1. The highest BCUT2D eigenvalue weighted by Gasteiger charge is 2.31. The number of rotatable bonds is 6. The summed E-state index contributed by atoms with van der Waals surface area (Å²) in [6, 6.07) is 3.47. The van der Waals surface area contributed by atoms with Gasteiger partial charge in [-0.05, 0) is 30.5 Å². The molecule has 21 heavy (non-hydrogen) atoms. The minimum absolute atomic E-state index is 0.0636. The van der Waals surface area contributed by atoms with Gasteiger partial charge < -0.3 is 10.6 Å². The zero-order chi connectivity index (χ0) is 16.0. The molecule has 0 unspecified atom stereocenters. The summed E-state index contributed by atoms with van der Waals surface area (Å²) in [7, 11) is 0. The Morgan fingerprint density at radius 1 is 1.29 bits per heavy atom. The Morgan fingerprint density at radius 3 is 2.52 bits per heavy atom. The van der Waals surface area contributed by atoms with E-state index >= 15 is 0 Å². The Balaban J connectivity index is 2.55. The second kappa shape index (κ2) is 7.68. The van der Waals surface area contributed by atoms with Crippen LogP contribution in [0, 0.1) is 5.92 Å². The van der Waals surface area contributed by atoms with E-state index in [2.05, 4.69) is 26.6 Å². The van der Waals surface area contributed by atoms with Crippen molar-refractivity contribution < 1.29 is 18.0 Å². The molecular formula is C14H18BrF3N2O. The second-order valence-corrected chi connectivity index (χ2v) is 6.03. The normalized spacial score (nSPS) is 11.6. The lowest BCUT2D eigenvalue weighted by Gasteiger charge is -2.12. The predicted octanol–water partition coefficient (Wildman–Crippen LogP) is 4.04. The fraction of sp³-hybridized carbons (Fsp3) is 0.500. The van der Waals surface area contributed by atoms with E-state index in [0.717, 1.165) is 18.6 Å². The number of benzene rings is 1. The first-order chi connectivity index (χ1) is 9.68. The number of hydrogen-bond donors (Lipinski definition) is 2. The van der Waals surface area contributed by atoms with Crippen LogP contribution in [0.2, 0.25) is 0 Å². The molecule has 1 aromatic carbocycles. The average Bonchev–Trinajstić information content (AvgIpc) is 2.34. The van der Waals surface area contributed by atoms with E-state index in [0.29, 0.717) is 16.9 Å². The smallest absolute Gasteiger partial charge is 0.376 e. The van der Waals surface area contributed by atoms with Crippen LogP contribution in [0.5, 0.6) is 0 Å². The van der Waals surface area contributed by atoms with Crippen LogP contribution in [-0.2, 0) is 11.0 Å². The summed E-state index contributed by atoms with van der Waals surface area (Å²) >= 11 is 3.03. The van der Waals surface area contributed by atoms with Gasteiger partial charge in [-0.1, -0.05) is 29.8 Å². The maximum absolute atomic E-state index is 12.7. The van der Waals surface area contributed by atoms with Crippen LogP contribution >= 0.6 is 15.9 Å². The molecule has 0 aliphatic carbocycles. The molecule has 0 heterocycles. The van der Waals surface area contributed by atoms with E-state index < -0.39 is 11.7 Å².